The van der Waals surface area contributed by atoms with E-state index in [2.05, 4.69) is 45.9 Å². The van der Waals surface area contributed by atoms with Crippen molar-refractivity contribution in [3.8, 4) is 0 Å². The smallest absolute Gasteiger partial charge is 0.227 e. The average molecular weight is 565 g/mol. The molecule has 2 fully saturated rings. The summed E-state index contributed by atoms with van der Waals surface area (Å²) in [6.45, 7) is 5.47. The lowest BCUT2D eigenvalue weighted by Gasteiger charge is -2.22. The van der Waals surface area contributed by atoms with Crippen molar-refractivity contribution >= 4 is 41.5 Å². The third-order valence-corrected chi connectivity index (χ3v) is 6.60. The number of likely N-dealkylation sites (tertiary alicyclic amines) is 1. The van der Waals surface area contributed by atoms with Gasteiger partial charge in [-0.05, 0) is 49.4 Å². The Bertz CT molecular complexity index is 936. The fourth-order valence-electron chi connectivity index (χ4n) is 4.82. The van der Waals surface area contributed by atoms with Gasteiger partial charge in [0.15, 0.2) is 5.96 Å². The zero-order valence-corrected chi connectivity index (χ0v) is 22.1. The molecule has 1 unspecified atom stereocenters. The Balaban J connectivity index is 0.00000306. The summed E-state index contributed by atoms with van der Waals surface area (Å²) in [6.07, 6.45) is 10.8. The van der Waals surface area contributed by atoms with E-state index in [9.17, 15) is 4.79 Å². The van der Waals surface area contributed by atoms with Crippen molar-refractivity contribution in [2.75, 3.05) is 25.0 Å². The third-order valence-electron chi connectivity index (χ3n) is 6.60. The summed E-state index contributed by atoms with van der Waals surface area (Å²) in [4.78, 5) is 19.8. The van der Waals surface area contributed by atoms with Gasteiger partial charge >= 0.3 is 0 Å². The molecular formula is C25H37IN6O. The number of nitrogens with zero attached hydrogens (tertiary/aromatic N) is 4. The van der Waals surface area contributed by atoms with Gasteiger partial charge in [0.1, 0.15) is 0 Å². The first kappa shape index (κ1) is 25.5. The number of nitrogens with one attached hydrogen (secondary N) is 2. The standard InChI is InChI=1S/C25H36N6O.HI/c1-3-26-25(31-13-12-21(18-31)22-16-28-30(2)17-22)27-15-19-8-7-11-23(14-19)29-24(32)20-9-5-4-6-10-20;/h7-8,11,14,16-17,20-21H,3-6,9-10,12-13,15,18H2,1-2H3,(H,26,27)(H,29,32);1H. The molecule has 2 aromatic rings. The van der Waals surface area contributed by atoms with Gasteiger partial charge in [-0.1, -0.05) is 31.4 Å². The molecular weight excluding hydrogens is 527 g/mol. The fraction of sp³-hybridized carbons (Fsp3) is 0.560. The Labute approximate surface area is 214 Å². The Hall–Kier alpha value is -2.10. The Morgan fingerprint density at radius 3 is 2.76 bits per heavy atom. The number of benzene rings is 1. The van der Waals surface area contributed by atoms with E-state index in [4.69, 9.17) is 4.99 Å². The van der Waals surface area contributed by atoms with Crippen LogP contribution in [0.2, 0.25) is 0 Å². The molecule has 0 spiro atoms. The summed E-state index contributed by atoms with van der Waals surface area (Å²) in [6, 6.07) is 8.10. The van der Waals surface area contributed by atoms with E-state index < -0.39 is 0 Å². The SMILES string of the molecule is CCNC(=NCc1cccc(NC(=O)C2CCCCC2)c1)N1CCC(c2cnn(C)c2)C1.I. The van der Waals surface area contributed by atoms with Crippen LogP contribution in [0.15, 0.2) is 41.7 Å². The molecule has 1 amide bonds. The largest absolute Gasteiger partial charge is 0.357 e. The van der Waals surface area contributed by atoms with Gasteiger partial charge in [-0.3, -0.25) is 9.48 Å². The van der Waals surface area contributed by atoms with Crippen molar-refractivity contribution in [2.45, 2.75) is 57.9 Å². The maximum atomic E-state index is 12.6. The summed E-state index contributed by atoms with van der Waals surface area (Å²) in [5.41, 5.74) is 3.27. The Kier molecular flexibility index (Phi) is 9.58. The molecule has 180 valence electrons. The molecule has 1 saturated carbocycles. The van der Waals surface area contributed by atoms with Gasteiger partial charge in [0, 0.05) is 50.4 Å². The molecule has 1 aliphatic heterocycles. The number of hydrogen-bond acceptors (Lipinski definition) is 3. The van der Waals surface area contributed by atoms with E-state index in [0.29, 0.717) is 12.5 Å². The van der Waals surface area contributed by atoms with E-state index in [1.54, 1.807) is 0 Å². The number of aliphatic imine (C=N–C) groups is 1. The van der Waals surface area contributed by atoms with Crippen LogP contribution < -0.4 is 10.6 Å². The van der Waals surface area contributed by atoms with Crippen molar-refractivity contribution in [3.63, 3.8) is 0 Å². The van der Waals surface area contributed by atoms with Gasteiger partial charge < -0.3 is 15.5 Å². The van der Waals surface area contributed by atoms with Crippen molar-refractivity contribution in [2.24, 2.45) is 18.0 Å². The van der Waals surface area contributed by atoms with Crippen LogP contribution in [0.1, 0.15) is 62.5 Å². The van der Waals surface area contributed by atoms with E-state index in [0.717, 1.165) is 68.9 Å². The van der Waals surface area contributed by atoms with Crippen LogP contribution in [0.3, 0.4) is 0 Å². The highest BCUT2D eigenvalue weighted by Gasteiger charge is 2.27. The summed E-state index contributed by atoms with van der Waals surface area (Å²) in [5, 5.41) is 10.9. The van der Waals surface area contributed by atoms with Crippen molar-refractivity contribution in [1.82, 2.24) is 20.0 Å². The predicted molar refractivity (Wildman–Crippen MR) is 144 cm³/mol. The summed E-state index contributed by atoms with van der Waals surface area (Å²) in [7, 11) is 1.97. The van der Waals surface area contributed by atoms with Crippen molar-refractivity contribution in [1.29, 1.82) is 0 Å². The van der Waals surface area contributed by atoms with Crippen LogP contribution >= 0.6 is 24.0 Å². The van der Waals surface area contributed by atoms with Crippen LogP contribution in [0.5, 0.6) is 0 Å². The lowest BCUT2D eigenvalue weighted by atomic mass is 9.88. The number of aryl methyl sites for hydroxylation is 1. The van der Waals surface area contributed by atoms with Gasteiger partial charge in [-0.25, -0.2) is 4.99 Å². The second kappa shape index (κ2) is 12.4. The molecule has 2 N–H and O–H groups in total. The lowest BCUT2D eigenvalue weighted by molar-refractivity contribution is -0.120. The highest BCUT2D eigenvalue weighted by atomic mass is 127. The molecule has 0 radical (unpaired) electrons. The molecule has 33 heavy (non-hydrogen) atoms. The molecule has 7 nitrogen and oxygen atoms in total. The molecule has 1 aromatic carbocycles. The third kappa shape index (κ3) is 6.94. The molecule has 2 heterocycles. The molecule has 8 heteroatoms. The molecule has 1 aromatic heterocycles. The number of carbonyl (C=O) groups is 1. The average Bonchev–Trinajstić information content (AvgIpc) is 3.47. The first-order valence-corrected chi connectivity index (χ1v) is 12.0. The number of amides is 1. The van der Waals surface area contributed by atoms with Crippen LogP contribution in [0.25, 0.3) is 0 Å². The second-order valence-electron chi connectivity index (χ2n) is 9.07. The number of guanidine groups is 1. The topological polar surface area (TPSA) is 74.6 Å². The molecule has 4 rings (SSSR count). The van der Waals surface area contributed by atoms with Crippen LogP contribution in [-0.4, -0.2) is 46.2 Å². The highest BCUT2D eigenvalue weighted by molar-refractivity contribution is 14.0. The fourth-order valence-corrected chi connectivity index (χ4v) is 4.82. The molecule has 1 aliphatic carbocycles. The predicted octanol–water partition coefficient (Wildman–Crippen LogP) is 4.51. The zero-order chi connectivity index (χ0) is 22.3. The monoisotopic (exact) mass is 564 g/mol. The molecule has 1 atom stereocenters. The van der Waals surface area contributed by atoms with Gasteiger partial charge in [0.25, 0.3) is 0 Å². The van der Waals surface area contributed by atoms with E-state index in [1.807, 2.05) is 30.1 Å². The van der Waals surface area contributed by atoms with E-state index in [-0.39, 0.29) is 35.8 Å². The number of carbonyl (C=O) groups excluding carboxylic acids is 1. The minimum Gasteiger partial charge on any atom is -0.357 e. The number of halogens is 1. The van der Waals surface area contributed by atoms with Crippen LogP contribution in [0, 0.1) is 5.92 Å². The van der Waals surface area contributed by atoms with Crippen molar-refractivity contribution in [3.05, 3.63) is 47.8 Å². The molecule has 0 bridgehead atoms. The maximum Gasteiger partial charge on any atom is 0.227 e. The number of rotatable bonds is 6. The maximum absolute atomic E-state index is 12.6. The first-order chi connectivity index (χ1) is 15.6. The second-order valence-corrected chi connectivity index (χ2v) is 9.07. The van der Waals surface area contributed by atoms with Gasteiger partial charge in [-0.15, -0.1) is 24.0 Å². The minimum absolute atomic E-state index is 0. The normalized spacial score (nSPS) is 19.3. The minimum atomic E-state index is 0. The van der Waals surface area contributed by atoms with Gasteiger partial charge in [-0.2, -0.15) is 5.10 Å². The molecule has 2 aliphatic rings. The summed E-state index contributed by atoms with van der Waals surface area (Å²) in [5.74, 6) is 1.77. The van der Waals surface area contributed by atoms with Gasteiger partial charge in [0.2, 0.25) is 5.91 Å². The zero-order valence-electron chi connectivity index (χ0n) is 19.8. The summed E-state index contributed by atoms with van der Waals surface area (Å²) < 4.78 is 1.87. The Morgan fingerprint density at radius 1 is 1.21 bits per heavy atom. The number of anilines is 1. The van der Waals surface area contributed by atoms with Crippen LogP contribution in [0.4, 0.5) is 5.69 Å². The lowest BCUT2D eigenvalue weighted by Crippen LogP contribution is -2.40. The molecule has 1 saturated heterocycles. The quantitative estimate of drug-likeness (QED) is 0.308. The number of hydrogen-bond donors (Lipinski definition) is 2. The number of aromatic nitrogens is 2. The Morgan fingerprint density at radius 2 is 2.03 bits per heavy atom. The first-order valence-electron chi connectivity index (χ1n) is 12.0. The van der Waals surface area contributed by atoms with Crippen LogP contribution in [-0.2, 0) is 18.4 Å². The van der Waals surface area contributed by atoms with E-state index >= 15 is 0 Å². The summed E-state index contributed by atoms with van der Waals surface area (Å²) >= 11 is 0. The van der Waals surface area contributed by atoms with Gasteiger partial charge in [0.05, 0.1) is 12.7 Å². The van der Waals surface area contributed by atoms with E-state index in [1.165, 1.54) is 12.0 Å². The highest BCUT2D eigenvalue weighted by Crippen LogP contribution is 2.27. The van der Waals surface area contributed by atoms with Crippen molar-refractivity contribution < 1.29 is 4.79 Å².